The molecule has 1 amide bonds. The molecule has 1 spiro atoms. The summed E-state index contributed by atoms with van der Waals surface area (Å²) < 4.78 is 5.27. The van der Waals surface area contributed by atoms with Gasteiger partial charge in [-0.2, -0.15) is 0 Å². The highest BCUT2D eigenvalue weighted by Gasteiger charge is 2.58. The number of piperidine rings is 1. The summed E-state index contributed by atoms with van der Waals surface area (Å²) in [6.45, 7) is 6.71. The Labute approximate surface area is 172 Å². The molecule has 0 bridgehead atoms. The number of aryl methyl sites for hydroxylation is 2. The number of amides is 1. The lowest BCUT2D eigenvalue weighted by molar-refractivity contribution is -0.118. The molecule has 1 atom stereocenters. The third-order valence-corrected chi connectivity index (χ3v) is 6.53. The molecule has 1 heterocycles. The summed E-state index contributed by atoms with van der Waals surface area (Å²) in [5.74, 6) is 1.35. The second kappa shape index (κ2) is 7.71. The lowest BCUT2D eigenvalue weighted by atomic mass is 9.90. The van der Waals surface area contributed by atoms with Crippen LogP contribution in [-0.4, -0.2) is 36.1 Å². The van der Waals surface area contributed by atoms with Gasteiger partial charge in [-0.05, 0) is 93.1 Å². The van der Waals surface area contributed by atoms with Crippen molar-refractivity contribution in [2.24, 2.45) is 11.3 Å². The van der Waals surface area contributed by atoms with Crippen LogP contribution in [-0.2, 0) is 11.3 Å². The van der Waals surface area contributed by atoms with Crippen LogP contribution in [0.4, 0.5) is 5.69 Å². The number of nitrogens with zero attached hydrogens (tertiary/aromatic N) is 1. The van der Waals surface area contributed by atoms with Crippen molar-refractivity contribution in [1.82, 2.24) is 4.90 Å². The Hall–Kier alpha value is -2.53. The van der Waals surface area contributed by atoms with Gasteiger partial charge < -0.3 is 15.2 Å². The Kier molecular flexibility index (Phi) is 5.26. The molecule has 2 aromatic carbocycles. The van der Waals surface area contributed by atoms with Crippen LogP contribution in [0.2, 0.25) is 0 Å². The largest absolute Gasteiger partial charge is 0.508 e. The van der Waals surface area contributed by atoms with E-state index >= 15 is 0 Å². The van der Waals surface area contributed by atoms with Gasteiger partial charge in [-0.25, -0.2) is 0 Å². The number of carbonyl (C=O) groups excluding carboxylic acids is 1. The van der Waals surface area contributed by atoms with Crippen molar-refractivity contribution in [2.75, 3.05) is 25.5 Å². The van der Waals surface area contributed by atoms with Gasteiger partial charge in [0.2, 0.25) is 5.91 Å². The fourth-order valence-corrected chi connectivity index (χ4v) is 4.76. The molecule has 2 aliphatic rings. The number of anilines is 1. The van der Waals surface area contributed by atoms with Gasteiger partial charge in [-0.15, -0.1) is 0 Å². The van der Waals surface area contributed by atoms with Crippen LogP contribution < -0.4 is 10.1 Å². The maximum Gasteiger partial charge on any atom is 0.228 e. The highest BCUT2D eigenvalue weighted by Crippen LogP contribution is 2.59. The van der Waals surface area contributed by atoms with E-state index in [1.807, 2.05) is 18.2 Å². The van der Waals surface area contributed by atoms with E-state index < -0.39 is 0 Å². The number of phenols is 1. The van der Waals surface area contributed by atoms with Crippen molar-refractivity contribution in [3.63, 3.8) is 0 Å². The Morgan fingerprint density at radius 3 is 2.52 bits per heavy atom. The van der Waals surface area contributed by atoms with Crippen LogP contribution in [0.25, 0.3) is 0 Å². The molecule has 0 radical (unpaired) electrons. The predicted octanol–water partition coefficient (Wildman–Crippen LogP) is 4.26. The molecular formula is C24H30N2O3. The molecule has 1 aliphatic carbocycles. The zero-order valence-corrected chi connectivity index (χ0v) is 17.5. The number of rotatable bonds is 5. The first-order valence-electron chi connectivity index (χ1n) is 10.4. The van der Waals surface area contributed by atoms with Crippen LogP contribution >= 0.6 is 0 Å². The molecule has 0 aromatic heterocycles. The standard InChI is InChI=1S/C24H30N2O3/c1-16-10-17(2)12-19(11-16)25-23(28)21-14-24(21)6-8-26(9-7-24)15-18-13-20(29-3)4-5-22(18)27/h4-5,10-13,21,27H,6-9,14-15H2,1-3H3,(H,25,28). The average molecular weight is 395 g/mol. The normalized spacial score (nSPS) is 20.4. The number of likely N-dealkylation sites (tertiary alicyclic amines) is 1. The van der Waals surface area contributed by atoms with E-state index in [1.165, 1.54) is 11.1 Å². The number of phenolic OH excluding ortho intramolecular Hbond substituents is 1. The Bertz CT molecular complexity index is 896. The molecular weight excluding hydrogens is 364 g/mol. The smallest absolute Gasteiger partial charge is 0.228 e. The summed E-state index contributed by atoms with van der Waals surface area (Å²) in [6.07, 6.45) is 3.05. The van der Waals surface area contributed by atoms with E-state index in [2.05, 4.69) is 30.1 Å². The van der Waals surface area contributed by atoms with Gasteiger partial charge in [0.15, 0.2) is 0 Å². The summed E-state index contributed by atoms with van der Waals surface area (Å²) in [5.41, 5.74) is 4.29. The molecule has 1 aliphatic heterocycles. The maximum atomic E-state index is 12.8. The van der Waals surface area contributed by atoms with Crippen molar-refractivity contribution in [1.29, 1.82) is 0 Å². The molecule has 5 nitrogen and oxygen atoms in total. The van der Waals surface area contributed by atoms with Crippen LogP contribution in [0.5, 0.6) is 11.5 Å². The van der Waals surface area contributed by atoms with Crippen molar-refractivity contribution in [2.45, 2.75) is 39.7 Å². The summed E-state index contributed by atoms with van der Waals surface area (Å²) in [7, 11) is 1.64. The first-order valence-corrected chi connectivity index (χ1v) is 10.4. The predicted molar refractivity (Wildman–Crippen MR) is 114 cm³/mol. The lowest BCUT2D eigenvalue weighted by Crippen LogP contribution is -2.35. The van der Waals surface area contributed by atoms with Gasteiger partial charge >= 0.3 is 0 Å². The molecule has 1 unspecified atom stereocenters. The molecule has 1 saturated carbocycles. The summed E-state index contributed by atoms with van der Waals surface area (Å²) >= 11 is 0. The molecule has 2 fully saturated rings. The molecule has 2 aromatic rings. The van der Waals surface area contributed by atoms with E-state index in [0.29, 0.717) is 12.3 Å². The zero-order valence-electron chi connectivity index (χ0n) is 17.5. The third kappa shape index (κ3) is 4.25. The van der Waals surface area contributed by atoms with E-state index in [4.69, 9.17) is 4.74 Å². The fraction of sp³-hybridized carbons (Fsp3) is 0.458. The Balaban J connectivity index is 1.32. The van der Waals surface area contributed by atoms with Crippen LogP contribution in [0.15, 0.2) is 36.4 Å². The van der Waals surface area contributed by atoms with Gasteiger partial charge in [-0.3, -0.25) is 9.69 Å². The van der Waals surface area contributed by atoms with Crippen LogP contribution in [0, 0.1) is 25.2 Å². The maximum absolute atomic E-state index is 12.8. The van der Waals surface area contributed by atoms with E-state index in [1.54, 1.807) is 19.2 Å². The second-order valence-corrected chi connectivity index (χ2v) is 8.76. The molecule has 4 rings (SSSR count). The minimum atomic E-state index is 0.121. The van der Waals surface area contributed by atoms with E-state index in [-0.39, 0.29) is 17.2 Å². The molecule has 29 heavy (non-hydrogen) atoms. The molecule has 154 valence electrons. The number of ether oxygens (including phenoxy) is 1. The highest BCUT2D eigenvalue weighted by atomic mass is 16.5. The van der Waals surface area contributed by atoms with Gasteiger partial charge in [0, 0.05) is 23.7 Å². The van der Waals surface area contributed by atoms with E-state index in [0.717, 1.165) is 49.4 Å². The minimum absolute atomic E-state index is 0.121. The quantitative estimate of drug-likeness (QED) is 0.796. The first kappa shape index (κ1) is 19.8. The second-order valence-electron chi connectivity index (χ2n) is 8.76. The van der Waals surface area contributed by atoms with Crippen molar-refractivity contribution in [3.8, 4) is 11.5 Å². The lowest BCUT2D eigenvalue weighted by Gasteiger charge is -2.33. The molecule has 1 saturated heterocycles. The summed E-state index contributed by atoms with van der Waals surface area (Å²) in [6, 6.07) is 11.5. The van der Waals surface area contributed by atoms with Gasteiger partial charge in [0.1, 0.15) is 11.5 Å². The highest BCUT2D eigenvalue weighted by molar-refractivity contribution is 5.95. The van der Waals surface area contributed by atoms with Gasteiger partial charge in [-0.1, -0.05) is 6.07 Å². The zero-order chi connectivity index (χ0) is 20.6. The first-order chi connectivity index (χ1) is 13.9. The van der Waals surface area contributed by atoms with Gasteiger partial charge in [0.25, 0.3) is 0 Å². The monoisotopic (exact) mass is 394 g/mol. The number of hydrogen-bond donors (Lipinski definition) is 2. The van der Waals surface area contributed by atoms with Crippen LogP contribution in [0.3, 0.4) is 0 Å². The SMILES string of the molecule is COc1ccc(O)c(CN2CCC3(CC2)CC3C(=O)Nc2cc(C)cc(C)c2)c1. The van der Waals surface area contributed by atoms with Crippen molar-refractivity contribution < 1.29 is 14.6 Å². The minimum Gasteiger partial charge on any atom is -0.508 e. The van der Waals surface area contributed by atoms with Crippen molar-refractivity contribution in [3.05, 3.63) is 53.1 Å². The average Bonchev–Trinajstić information content (AvgIpc) is 3.38. The molecule has 2 N–H and O–H groups in total. The number of hydrogen-bond acceptors (Lipinski definition) is 4. The third-order valence-electron chi connectivity index (χ3n) is 6.53. The number of benzene rings is 2. The van der Waals surface area contributed by atoms with Gasteiger partial charge in [0.05, 0.1) is 7.11 Å². The molecule has 5 heteroatoms. The number of nitrogens with one attached hydrogen (secondary N) is 1. The van der Waals surface area contributed by atoms with Crippen molar-refractivity contribution >= 4 is 11.6 Å². The number of carbonyl (C=O) groups is 1. The number of aromatic hydroxyl groups is 1. The number of methoxy groups -OCH3 is 1. The Morgan fingerprint density at radius 1 is 1.17 bits per heavy atom. The van der Waals surface area contributed by atoms with Crippen LogP contribution in [0.1, 0.15) is 36.0 Å². The topological polar surface area (TPSA) is 61.8 Å². The fourth-order valence-electron chi connectivity index (χ4n) is 4.76. The van der Waals surface area contributed by atoms with E-state index in [9.17, 15) is 9.90 Å². The summed E-state index contributed by atoms with van der Waals surface area (Å²) in [4.78, 5) is 15.1. The Morgan fingerprint density at radius 2 is 1.86 bits per heavy atom. The summed E-state index contributed by atoms with van der Waals surface area (Å²) in [5, 5.41) is 13.3.